The fourth-order valence-electron chi connectivity index (χ4n) is 2.65. The van der Waals surface area contributed by atoms with Crippen LogP contribution in [0.25, 0.3) is 0 Å². The van der Waals surface area contributed by atoms with Gasteiger partial charge < -0.3 is 20.2 Å². The second-order valence-electron chi connectivity index (χ2n) is 7.10. The van der Waals surface area contributed by atoms with Crippen LogP contribution in [0.15, 0.2) is 24.3 Å². The predicted molar refractivity (Wildman–Crippen MR) is 122 cm³/mol. The van der Waals surface area contributed by atoms with Gasteiger partial charge in [-0.25, -0.2) is 0 Å². The largest absolute Gasteiger partial charge is 0.349 e. The van der Waals surface area contributed by atoms with Crippen molar-refractivity contribution in [2.45, 2.75) is 78.7 Å². The lowest BCUT2D eigenvalue weighted by molar-refractivity contribution is -0.115. The third-order valence-corrected chi connectivity index (χ3v) is 4.09. The minimum absolute atomic E-state index is 0.306. The van der Waals surface area contributed by atoms with Crippen LogP contribution in [0, 0.1) is 5.92 Å². The third kappa shape index (κ3) is 19.1. The summed E-state index contributed by atoms with van der Waals surface area (Å²) < 4.78 is 0. The van der Waals surface area contributed by atoms with Crippen molar-refractivity contribution in [2.75, 3.05) is 13.6 Å². The van der Waals surface area contributed by atoms with Gasteiger partial charge in [0.15, 0.2) is 0 Å². The highest BCUT2D eigenvalue weighted by Gasteiger charge is 2.03. The molecule has 0 aliphatic heterocycles. The summed E-state index contributed by atoms with van der Waals surface area (Å²) in [6, 6.07) is 8.47. The molecule has 2 N–H and O–H groups in total. The standard InChI is InChI=1S/C14H20O.C8H16N2O2.C2H6/c1-12(2)11-14-8-6-13(7-9-14)5-3-4-10-15;1-9-5-3-2-4-8(6-11)10-7-12;1-2/h6-10,12H,3-5,11H2,1-2H3;6-9H,2-5H2,1H3,(H,10,12);1-2H3. The van der Waals surface area contributed by atoms with Crippen LogP contribution >= 0.6 is 0 Å². The van der Waals surface area contributed by atoms with Gasteiger partial charge in [0.1, 0.15) is 12.6 Å². The molecule has 1 unspecified atom stereocenters. The number of rotatable bonds is 14. The summed E-state index contributed by atoms with van der Waals surface area (Å²) >= 11 is 0. The van der Waals surface area contributed by atoms with E-state index in [1.165, 1.54) is 11.1 Å². The van der Waals surface area contributed by atoms with Crippen LogP contribution in [0.2, 0.25) is 0 Å². The third-order valence-electron chi connectivity index (χ3n) is 4.09. The van der Waals surface area contributed by atoms with Crippen LogP contribution in [0.3, 0.4) is 0 Å². The van der Waals surface area contributed by atoms with Crippen LogP contribution in [-0.2, 0) is 27.2 Å². The van der Waals surface area contributed by atoms with Crippen molar-refractivity contribution in [1.29, 1.82) is 0 Å². The topological polar surface area (TPSA) is 75.3 Å². The molecule has 0 heterocycles. The molecule has 1 rings (SSSR count). The zero-order valence-corrected chi connectivity index (χ0v) is 19.1. The van der Waals surface area contributed by atoms with Gasteiger partial charge in [0, 0.05) is 6.42 Å². The first-order chi connectivity index (χ1) is 14.1. The van der Waals surface area contributed by atoms with Gasteiger partial charge in [-0.05, 0) is 69.2 Å². The first-order valence-corrected chi connectivity index (χ1v) is 10.9. The normalized spacial score (nSPS) is 10.7. The second-order valence-corrected chi connectivity index (χ2v) is 7.10. The number of nitrogens with one attached hydrogen (secondary N) is 2. The van der Waals surface area contributed by atoms with Crippen molar-refractivity contribution in [3.05, 3.63) is 35.4 Å². The summed E-state index contributed by atoms with van der Waals surface area (Å²) in [4.78, 5) is 30.5. The molecule has 0 aromatic heterocycles. The molecule has 1 atom stereocenters. The van der Waals surface area contributed by atoms with Gasteiger partial charge >= 0.3 is 0 Å². The van der Waals surface area contributed by atoms with Crippen molar-refractivity contribution >= 4 is 19.0 Å². The minimum Gasteiger partial charge on any atom is -0.349 e. The molecule has 5 heteroatoms. The van der Waals surface area contributed by atoms with E-state index in [4.69, 9.17) is 0 Å². The predicted octanol–water partition coefficient (Wildman–Crippen LogP) is 4.12. The maximum atomic E-state index is 10.3. The number of aryl methyl sites for hydroxylation is 1. The molecule has 166 valence electrons. The number of hydrogen-bond acceptors (Lipinski definition) is 4. The summed E-state index contributed by atoms with van der Waals surface area (Å²) in [6.45, 7) is 9.42. The number of carbonyl (C=O) groups excluding carboxylic acids is 3. The Morgan fingerprint density at radius 1 is 0.931 bits per heavy atom. The van der Waals surface area contributed by atoms with E-state index < -0.39 is 0 Å². The van der Waals surface area contributed by atoms with E-state index >= 15 is 0 Å². The van der Waals surface area contributed by atoms with Crippen LogP contribution in [0.4, 0.5) is 0 Å². The van der Waals surface area contributed by atoms with Gasteiger partial charge in [-0.3, -0.25) is 4.79 Å². The maximum Gasteiger partial charge on any atom is 0.207 e. The molecule has 0 aliphatic rings. The van der Waals surface area contributed by atoms with E-state index in [2.05, 4.69) is 48.7 Å². The van der Waals surface area contributed by atoms with E-state index in [1.54, 1.807) is 0 Å². The molecule has 0 spiro atoms. The minimum atomic E-state index is -0.306. The SMILES string of the molecule is CC.CC(C)Cc1ccc(CCCC=O)cc1.CNCCCCC(C=O)NC=O. The zero-order valence-electron chi connectivity index (χ0n) is 19.1. The molecular weight excluding hydrogens is 364 g/mol. The average Bonchev–Trinajstić information content (AvgIpc) is 2.73. The molecule has 0 saturated heterocycles. The first kappa shape index (κ1) is 29.2. The molecule has 1 amide bonds. The summed E-state index contributed by atoms with van der Waals surface area (Å²) in [5.74, 6) is 0.714. The summed E-state index contributed by atoms with van der Waals surface area (Å²) in [5, 5.41) is 5.45. The van der Waals surface area contributed by atoms with Gasteiger partial charge in [0.2, 0.25) is 6.41 Å². The van der Waals surface area contributed by atoms with E-state index in [0.29, 0.717) is 18.7 Å². The highest BCUT2D eigenvalue weighted by molar-refractivity contribution is 5.63. The highest BCUT2D eigenvalue weighted by Crippen LogP contribution is 2.11. The number of hydrogen-bond donors (Lipinski definition) is 2. The lowest BCUT2D eigenvalue weighted by atomic mass is 10.0. The van der Waals surface area contributed by atoms with Gasteiger partial charge in [-0.2, -0.15) is 0 Å². The van der Waals surface area contributed by atoms with Gasteiger partial charge in [-0.15, -0.1) is 0 Å². The Bertz CT molecular complexity index is 501. The van der Waals surface area contributed by atoms with Crippen LogP contribution in [-0.4, -0.2) is 38.6 Å². The molecular formula is C24H42N2O3. The van der Waals surface area contributed by atoms with Gasteiger partial charge in [0.25, 0.3) is 0 Å². The molecule has 0 aliphatic carbocycles. The monoisotopic (exact) mass is 406 g/mol. The maximum absolute atomic E-state index is 10.3. The highest BCUT2D eigenvalue weighted by atomic mass is 16.1. The quantitative estimate of drug-likeness (QED) is 0.360. The Labute approximate surface area is 178 Å². The summed E-state index contributed by atoms with van der Waals surface area (Å²) in [7, 11) is 1.89. The Morgan fingerprint density at radius 3 is 2.03 bits per heavy atom. The number of carbonyl (C=O) groups is 3. The summed E-state index contributed by atoms with van der Waals surface area (Å²) in [6.07, 6.45) is 8.84. The molecule has 1 aromatic rings. The molecule has 0 bridgehead atoms. The van der Waals surface area contributed by atoms with Crippen molar-refractivity contribution < 1.29 is 14.4 Å². The lowest BCUT2D eigenvalue weighted by Gasteiger charge is -2.07. The van der Waals surface area contributed by atoms with Crippen molar-refractivity contribution in [3.63, 3.8) is 0 Å². The summed E-state index contributed by atoms with van der Waals surface area (Å²) in [5.41, 5.74) is 2.74. The van der Waals surface area contributed by atoms with Crippen molar-refractivity contribution in [3.8, 4) is 0 Å². The Hall–Kier alpha value is -2.01. The van der Waals surface area contributed by atoms with Gasteiger partial charge in [0.05, 0.1) is 6.04 Å². The lowest BCUT2D eigenvalue weighted by Crippen LogP contribution is -2.29. The molecule has 29 heavy (non-hydrogen) atoms. The van der Waals surface area contributed by atoms with E-state index in [0.717, 1.165) is 57.6 Å². The second kappa shape index (κ2) is 22.3. The fourth-order valence-corrected chi connectivity index (χ4v) is 2.65. The van der Waals surface area contributed by atoms with Gasteiger partial charge in [-0.1, -0.05) is 52.0 Å². The van der Waals surface area contributed by atoms with Crippen LogP contribution in [0.1, 0.15) is 70.9 Å². The van der Waals surface area contributed by atoms with Crippen LogP contribution < -0.4 is 10.6 Å². The first-order valence-electron chi connectivity index (χ1n) is 10.9. The smallest absolute Gasteiger partial charge is 0.207 e. The number of aldehydes is 2. The number of amides is 1. The zero-order chi connectivity index (χ0) is 22.3. The van der Waals surface area contributed by atoms with Crippen LogP contribution in [0.5, 0.6) is 0 Å². The molecule has 0 fully saturated rings. The van der Waals surface area contributed by atoms with E-state index in [1.807, 2.05) is 20.9 Å². The number of benzene rings is 1. The van der Waals surface area contributed by atoms with Crippen molar-refractivity contribution in [1.82, 2.24) is 10.6 Å². The molecule has 5 nitrogen and oxygen atoms in total. The Balaban J connectivity index is 0. The Morgan fingerprint density at radius 2 is 1.55 bits per heavy atom. The van der Waals surface area contributed by atoms with Crippen molar-refractivity contribution in [2.24, 2.45) is 5.92 Å². The average molecular weight is 407 g/mol. The molecule has 0 saturated carbocycles. The number of unbranched alkanes of at least 4 members (excludes halogenated alkanes) is 2. The van der Waals surface area contributed by atoms with E-state index in [9.17, 15) is 14.4 Å². The van der Waals surface area contributed by atoms with E-state index in [-0.39, 0.29) is 6.04 Å². The molecule has 1 aromatic carbocycles. The Kier molecular flexibility index (Phi) is 22.4. The molecule has 0 radical (unpaired) electrons. The fraction of sp³-hybridized carbons (Fsp3) is 0.625.